The summed E-state index contributed by atoms with van der Waals surface area (Å²) in [5.41, 5.74) is -0.567. The average molecular weight is 281 g/mol. The van der Waals surface area contributed by atoms with Gasteiger partial charge >= 0.3 is 6.09 Å². The highest BCUT2D eigenvalue weighted by Gasteiger charge is 2.15. The molecule has 0 saturated heterocycles. The molecule has 0 unspecified atom stereocenters. The molecule has 0 aliphatic carbocycles. The number of halogens is 1. The summed E-state index contributed by atoms with van der Waals surface area (Å²) in [6.07, 6.45) is 0.665. The molecule has 1 aromatic carbocycles. The highest BCUT2D eigenvalue weighted by Crippen LogP contribution is 2.10. The summed E-state index contributed by atoms with van der Waals surface area (Å²) >= 11 is 0. The quantitative estimate of drug-likeness (QED) is 0.899. The van der Waals surface area contributed by atoms with E-state index in [4.69, 9.17) is 9.47 Å². The molecule has 4 nitrogen and oxygen atoms in total. The minimum Gasteiger partial charge on any atom is -0.487 e. The monoisotopic (exact) mass is 281 g/mol. The van der Waals surface area contributed by atoms with Gasteiger partial charge < -0.3 is 14.8 Å². The van der Waals surface area contributed by atoms with Gasteiger partial charge in [0.15, 0.2) is 0 Å². The molecule has 0 aromatic heterocycles. The predicted octanol–water partition coefficient (Wildman–Crippen LogP) is 3.44. The SMILES string of the molecule is CC(C)(C)OC(=O)NC/C=C(/F)COc1ccccc1. The highest BCUT2D eigenvalue weighted by molar-refractivity contribution is 5.67. The van der Waals surface area contributed by atoms with Crippen molar-refractivity contribution in [1.82, 2.24) is 5.32 Å². The van der Waals surface area contributed by atoms with Gasteiger partial charge in [-0.2, -0.15) is 0 Å². The van der Waals surface area contributed by atoms with Gasteiger partial charge in [-0.05, 0) is 39.0 Å². The molecule has 110 valence electrons. The Labute approximate surface area is 118 Å². The molecular weight excluding hydrogens is 261 g/mol. The van der Waals surface area contributed by atoms with Crippen molar-refractivity contribution in [3.05, 3.63) is 42.2 Å². The van der Waals surface area contributed by atoms with E-state index in [-0.39, 0.29) is 13.2 Å². The minimum atomic E-state index is -0.578. The number of nitrogens with one attached hydrogen (secondary N) is 1. The lowest BCUT2D eigenvalue weighted by atomic mass is 10.2. The summed E-state index contributed by atoms with van der Waals surface area (Å²) in [7, 11) is 0. The van der Waals surface area contributed by atoms with Crippen LogP contribution in [0.5, 0.6) is 5.75 Å². The molecular formula is C15H20FNO3. The van der Waals surface area contributed by atoms with E-state index in [9.17, 15) is 9.18 Å². The zero-order valence-corrected chi connectivity index (χ0v) is 12.0. The van der Waals surface area contributed by atoms with Gasteiger partial charge in [-0.1, -0.05) is 18.2 Å². The van der Waals surface area contributed by atoms with Crippen molar-refractivity contribution < 1.29 is 18.7 Å². The first-order valence-electron chi connectivity index (χ1n) is 6.36. The second-order valence-corrected chi connectivity index (χ2v) is 5.14. The van der Waals surface area contributed by atoms with E-state index in [2.05, 4.69) is 5.32 Å². The normalized spacial score (nSPS) is 11.9. The van der Waals surface area contributed by atoms with Crippen molar-refractivity contribution in [3.8, 4) is 5.75 Å². The van der Waals surface area contributed by atoms with E-state index in [0.29, 0.717) is 5.75 Å². The third kappa shape index (κ3) is 7.41. The largest absolute Gasteiger partial charge is 0.487 e. The first kappa shape index (κ1) is 16.0. The van der Waals surface area contributed by atoms with Crippen molar-refractivity contribution in [2.75, 3.05) is 13.2 Å². The number of ether oxygens (including phenoxy) is 2. The van der Waals surface area contributed by atoms with Crippen LogP contribution in [-0.2, 0) is 4.74 Å². The molecule has 0 radical (unpaired) electrons. The van der Waals surface area contributed by atoms with Crippen molar-refractivity contribution in [3.63, 3.8) is 0 Å². The van der Waals surface area contributed by atoms with Gasteiger partial charge in [0, 0.05) is 6.54 Å². The van der Waals surface area contributed by atoms with Gasteiger partial charge in [0.05, 0.1) is 0 Å². The Morgan fingerprint density at radius 3 is 2.55 bits per heavy atom. The van der Waals surface area contributed by atoms with E-state index in [1.165, 1.54) is 6.08 Å². The molecule has 1 N–H and O–H groups in total. The molecule has 20 heavy (non-hydrogen) atoms. The fourth-order valence-corrected chi connectivity index (χ4v) is 1.29. The van der Waals surface area contributed by atoms with Gasteiger partial charge in [0.25, 0.3) is 0 Å². The number of carbonyl (C=O) groups excluding carboxylic acids is 1. The summed E-state index contributed by atoms with van der Waals surface area (Å²) < 4.78 is 23.7. The van der Waals surface area contributed by atoms with E-state index < -0.39 is 17.5 Å². The van der Waals surface area contributed by atoms with Crippen LogP contribution in [0.4, 0.5) is 9.18 Å². The lowest BCUT2D eigenvalue weighted by Gasteiger charge is -2.19. The second-order valence-electron chi connectivity index (χ2n) is 5.14. The van der Waals surface area contributed by atoms with Crippen LogP contribution in [0.1, 0.15) is 20.8 Å². The van der Waals surface area contributed by atoms with Gasteiger partial charge in [0.1, 0.15) is 23.8 Å². The molecule has 0 aliphatic rings. The molecule has 1 aromatic rings. The molecule has 0 spiro atoms. The molecule has 0 saturated carbocycles. The lowest BCUT2D eigenvalue weighted by molar-refractivity contribution is 0.0534. The van der Waals surface area contributed by atoms with Crippen molar-refractivity contribution >= 4 is 6.09 Å². The topological polar surface area (TPSA) is 47.6 Å². The van der Waals surface area contributed by atoms with Crippen LogP contribution in [0.25, 0.3) is 0 Å². The first-order valence-corrected chi connectivity index (χ1v) is 6.36. The maximum atomic E-state index is 13.4. The first-order chi connectivity index (χ1) is 9.37. The Morgan fingerprint density at radius 1 is 1.30 bits per heavy atom. The fraction of sp³-hybridized carbons (Fsp3) is 0.400. The van der Waals surface area contributed by atoms with Gasteiger partial charge in [0.2, 0.25) is 0 Å². The number of alkyl carbamates (subject to hydrolysis) is 1. The Morgan fingerprint density at radius 2 is 1.95 bits per heavy atom. The summed E-state index contributed by atoms with van der Waals surface area (Å²) in [4.78, 5) is 11.3. The van der Waals surface area contributed by atoms with E-state index >= 15 is 0 Å². The average Bonchev–Trinajstić information content (AvgIpc) is 2.35. The summed E-state index contributed by atoms with van der Waals surface area (Å²) in [6, 6.07) is 8.95. The zero-order valence-electron chi connectivity index (χ0n) is 12.0. The molecule has 0 fully saturated rings. The summed E-state index contributed by atoms with van der Waals surface area (Å²) in [5.74, 6) is 0.140. The molecule has 0 bridgehead atoms. The summed E-state index contributed by atoms with van der Waals surface area (Å²) in [5, 5.41) is 2.44. The molecule has 0 aliphatic heterocycles. The van der Waals surface area contributed by atoms with Crippen LogP contribution in [0.2, 0.25) is 0 Å². The van der Waals surface area contributed by atoms with Crippen molar-refractivity contribution in [2.45, 2.75) is 26.4 Å². The third-order valence-corrected chi connectivity index (χ3v) is 2.09. The highest BCUT2D eigenvalue weighted by atomic mass is 19.1. The Hall–Kier alpha value is -2.04. The number of hydrogen-bond acceptors (Lipinski definition) is 3. The van der Waals surface area contributed by atoms with Crippen molar-refractivity contribution in [2.24, 2.45) is 0 Å². The zero-order chi connectivity index (χ0) is 15.0. The van der Waals surface area contributed by atoms with Crippen LogP contribution in [0, 0.1) is 0 Å². The molecule has 5 heteroatoms. The van der Waals surface area contributed by atoms with Crippen molar-refractivity contribution in [1.29, 1.82) is 0 Å². The van der Waals surface area contributed by atoms with Crippen LogP contribution in [0.3, 0.4) is 0 Å². The Kier molecular flexibility index (Phi) is 6.03. The van der Waals surface area contributed by atoms with Crippen LogP contribution < -0.4 is 10.1 Å². The predicted molar refractivity (Wildman–Crippen MR) is 75.4 cm³/mol. The van der Waals surface area contributed by atoms with Gasteiger partial charge in [-0.15, -0.1) is 0 Å². The number of amides is 1. The smallest absolute Gasteiger partial charge is 0.407 e. The summed E-state index contributed by atoms with van der Waals surface area (Å²) in [6.45, 7) is 5.17. The second kappa shape index (κ2) is 7.53. The third-order valence-electron chi connectivity index (χ3n) is 2.09. The number of rotatable bonds is 5. The number of para-hydroxylation sites is 1. The number of hydrogen-bond donors (Lipinski definition) is 1. The van der Waals surface area contributed by atoms with E-state index in [1.807, 2.05) is 6.07 Å². The maximum absolute atomic E-state index is 13.4. The van der Waals surface area contributed by atoms with E-state index in [1.54, 1.807) is 45.0 Å². The van der Waals surface area contributed by atoms with Gasteiger partial charge in [-0.25, -0.2) is 9.18 Å². The Balaban J connectivity index is 2.27. The minimum absolute atomic E-state index is 0.0545. The maximum Gasteiger partial charge on any atom is 0.407 e. The molecule has 0 heterocycles. The standard InChI is InChI=1S/C15H20FNO3/c1-15(2,3)20-14(18)17-10-9-12(16)11-19-13-7-5-4-6-8-13/h4-9H,10-11H2,1-3H3,(H,17,18)/b12-9+. The van der Waals surface area contributed by atoms with Crippen LogP contribution in [0.15, 0.2) is 42.2 Å². The van der Waals surface area contributed by atoms with Gasteiger partial charge in [-0.3, -0.25) is 0 Å². The van der Waals surface area contributed by atoms with E-state index in [0.717, 1.165) is 0 Å². The molecule has 0 atom stereocenters. The number of carbonyl (C=O) groups is 1. The van der Waals surface area contributed by atoms with Crippen LogP contribution in [-0.4, -0.2) is 24.8 Å². The molecule has 1 amide bonds. The Bertz CT molecular complexity index is 452. The lowest BCUT2D eigenvalue weighted by Crippen LogP contribution is -2.32. The fourth-order valence-electron chi connectivity index (χ4n) is 1.29. The number of benzene rings is 1. The molecule has 1 rings (SSSR count). The van der Waals surface area contributed by atoms with Crippen LogP contribution >= 0.6 is 0 Å².